The highest BCUT2D eigenvalue weighted by molar-refractivity contribution is 7.07. The maximum Gasteiger partial charge on any atom is 0.251 e. The lowest BCUT2D eigenvalue weighted by Gasteiger charge is -2.26. The average Bonchev–Trinajstić information content (AvgIpc) is 3.21. The van der Waals surface area contributed by atoms with Gasteiger partial charge >= 0.3 is 0 Å². The van der Waals surface area contributed by atoms with Gasteiger partial charge < -0.3 is 14.8 Å². The molecule has 2 aromatic carbocycles. The molecule has 26 heavy (non-hydrogen) atoms. The number of hydrogen-bond donors (Lipinski definition) is 1. The van der Waals surface area contributed by atoms with Crippen LogP contribution in [0.4, 0.5) is 0 Å². The van der Waals surface area contributed by atoms with E-state index in [-0.39, 0.29) is 11.9 Å². The molecule has 1 aliphatic rings. The van der Waals surface area contributed by atoms with Crippen molar-refractivity contribution in [1.29, 1.82) is 0 Å². The van der Waals surface area contributed by atoms with E-state index >= 15 is 0 Å². The van der Waals surface area contributed by atoms with Crippen molar-refractivity contribution in [2.45, 2.75) is 19.1 Å². The molecule has 1 unspecified atom stereocenters. The second-order valence-electron chi connectivity index (χ2n) is 5.99. The number of aromatic nitrogens is 1. The zero-order valence-electron chi connectivity index (χ0n) is 14.1. The largest absolute Gasteiger partial charge is 0.493 e. The first-order valence-electron chi connectivity index (χ1n) is 8.42. The molecule has 0 saturated heterocycles. The van der Waals surface area contributed by atoms with Crippen LogP contribution in [-0.2, 0) is 6.61 Å². The molecule has 3 aromatic rings. The Balaban J connectivity index is 1.39. The van der Waals surface area contributed by atoms with Gasteiger partial charge in [-0.15, -0.1) is 11.3 Å². The van der Waals surface area contributed by atoms with Crippen molar-refractivity contribution in [3.63, 3.8) is 0 Å². The fourth-order valence-corrected chi connectivity index (χ4v) is 3.45. The van der Waals surface area contributed by atoms with Crippen molar-refractivity contribution in [2.75, 3.05) is 6.61 Å². The fraction of sp³-hybridized carbons (Fsp3) is 0.200. The first-order valence-corrected chi connectivity index (χ1v) is 9.36. The van der Waals surface area contributed by atoms with Crippen LogP contribution in [0.2, 0.25) is 0 Å². The first-order chi connectivity index (χ1) is 12.8. The molecule has 5 nitrogen and oxygen atoms in total. The Labute approximate surface area is 155 Å². The highest BCUT2D eigenvalue weighted by Gasteiger charge is 2.23. The number of fused-ring (bicyclic) bond motifs is 1. The van der Waals surface area contributed by atoms with Crippen LogP contribution in [0.3, 0.4) is 0 Å². The van der Waals surface area contributed by atoms with Gasteiger partial charge in [0.2, 0.25) is 0 Å². The molecule has 0 saturated carbocycles. The van der Waals surface area contributed by atoms with Crippen LogP contribution in [0.1, 0.15) is 34.1 Å². The Hall–Kier alpha value is -2.86. The number of ether oxygens (including phenoxy) is 2. The summed E-state index contributed by atoms with van der Waals surface area (Å²) in [4.78, 5) is 16.8. The van der Waals surface area contributed by atoms with E-state index in [2.05, 4.69) is 10.3 Å². The fourth-order valence-electron chi connectivity index (χ4n) is 2.90. The third-order valence-electron chi connectivity index (χ3n) is 4.25. The molecule has 0 aliphatic carbocycles. The van der Waals surface area contributed by atoms with Crippen LogP contribution in [0.25, 0.3) is 0 Å². The lowest BCUT2D eigenvalue weighted by molar-refractivity contribution is 0.0924. The number of nitrogens with one attached hydrogen (secondary N) is 1. The third kappa shape index (κ3) is 3.70. The van der Waals surface area contributed by atoms with Crippen LogP contribution in [0, 0.1) is 0 Å². The molecule has 132 valence electrons. The van der Waals surface area contributed by atoms with E-state index in [0.717, 1.165) is 23.4 Å². The molecule has 6 heteroatoms. The quantitative estimate of drug-likeness (QED) is 0.742. The standard InChI is InChI=1S/C20H18N2O3S/c23-20(22-18-9-10-24-19-4-2-1-3-17(18)19)14-5-7-16(8-6-14)25-11-15-12-26-13-21-15/h1-8,12-13,18H,9-11H2,(H,22,23). The van der Waals surface area contributed by atoms with E-state index in [0.29, 0.717) is 24.5 Å². The number of nitrogens with zero attached hydrogens (tertiary/aromatic N) is 1. The van der Waals surface area contributed by atoms with E-state index in [1.807, 2.05) is 29.6 Å². The van der Waals surface area contributed by atoms with E-state index < -0.39 is 0 Å². The van der Waals surface area contributed by atoms with Crippen LogP contribution in [-0.4, -0.2) is 17.5 Å². The number of thiazole rings is 1. The third-order valence-corrected chi connectivity index (χ3v) is 4.89. The van der Waals surface area contributed by atoms with Crippen molar-refractivity contribution in [3.8, 4) is 11.5 Å². The molecule has 2 heterocycles. The number of benzene rings is 2. The molecule has 1 N–H and O–H groups in total. The number of para-hydroxylation sites is 1. The first kappa shape index (κ1) is 16.6. The molecule has 0 bridgehead atoms. The van der Waals surface area contributed by atoms with E-state index in [1.165, 1.54) is 11.3 Å². The molecule has 1 aromatic heterocycles. The topological polar surface area (TPSA) is 60.5 Å². The minimum Gasteiger partial charge on any atom is -0.493 e. The minimum atomic E-state index is -0.0993. The van der Waals surface area contributed by atoms with Gasteiger partial charge in [-0.05, 0) is 30.3 Å². The number of hydrogen-bond acceptors (Lipinski definition) is 5. The second-order valence-corrected chi connectivity index (χ2v) is 6.71. The molecule has 1 aliphatic heterocycles. The maximum absolute atomic E-state index is 12.6. The minimum absolute atomic E-state index is 0.0342. The summed E-state index contributed by atoms with van der Waals surface area (Å²) >= 11 is 1.54. The Kier molecular flexibility index (Phi) is 4.84. The summed E-state index contributed by atoms with van der Waals surface area (Å²) in [6, 6.07) is 14.9. The molecule has 0 spiro atoms. The summed E-state index contributed by atoms with van der Waals surface area (Å²) < 4.78 is 11.3. The smallest absolute Gasteiger partial charge is 0.251 e. The van der Waals surface area contributed by atoms with Gasteiger partial charge in [-0.3, -0.25) is 4.79 Å². The monoisotopic (exact) mass is 366 g/mol. The summed E-state index contributed by atoms with van der Waals surface area (Å²) in [6.07, 6.45) is 0.761. The van der Waals surface area contributed by atoms with Crippen molar-refractivity contribution < 1.29 is 14.3 Å². The molecule has 1 amide bonds. The van der Waals surface area contributed by atoms with Crippen molar-refractivity contribution in [3.05, 3.63) is 76.2 Å². The van der Waals surface area contributed by atoms with Crippen LogP contribution >= 0.6 is 11.3 Å². The van der Waals surface area contributed by atoms with Gasteiger partial charge in [0.05, 0.1) is 23.9 Å². The molecular weight excluding hydrogens is 348 g/mol. The van der Waals surface area contributed by atoms with Gasteiger partial charge in [-0.1, -0.05) is 18.2 Å². The van der Waals surface area contributed by atoms with Gasteiger partial charge in [0, 0.05) is 22.9 Å². The van der Waals surface area contributed by atoms with Gasteiger partial charge in [0.15, 0.2) is 0 Å². The van der Waals surface area contributed by atoms with E-state index in [4.69, 9.17) is 9.47 Å². The van der Waals surface area contributed by atoms with Gasteiger partial charge in [-0.25, -0.2) is 4.98 Å². The predicted molar refractivity (Wildman–Crippen MR) is 99.6 cm³/mol. The molecule has 1 atom stereocenters. The van der Waals surface area contributed by atoms with Crippen molar-refractivity contribution in [2.24, 2.45) is 0 Å². The number of amides is 1. The van der Waals surface area contributed by atoms with Crippen molar-refractivity contribution in [1.82, 2.24) is 10.3 Å². The van der Waals surface area contributed by atoms with E-state index in [1.54, 1.807) is 29.8 Å². The SMILES string of the molecule is O=C(NC1CCOc2ccccc21)c1ccc(OCc2cscn2)cc1. The highest BCUT2D eigenvalue weighted by Crippen LogP contribution is 2.31. The van der Waals surface area contributed by atoms with Gasteiger partial charge in [0.1, 0.15) is 18.1 Å². The summed E-state index contributed by atoms with van der Waals surface area (Å²) in [5, 5.41) is 5.05. The lowest BCUT2D eigenvalue weighted by Crippen LogP contribution is -2.32. The highest BCUT2D eigenvalue weighted by atomic mass is 32.1. The maximum atomic E-state index is 12.6. The zero-order valence-corrected chi connectivity index (χ0v) is 14.9. The normalized spacial score (nSPS) is 15.6. The summed E-state index contributed by atoms with van der Waals surface area (Å²) in [7, 11) is 0. The van der Waals surface area contributed by atoms with Crippen LogP contribution < -0.4 is 14.8 Å². The molecule has 0 radical (unpaired) electrons. The summed E-state index contributed by atoms with van der Waals surface area (Å²) in [5.74, 6) is 1.46. The molecular formula is C20H18N2O3S. The number of rotatable bonds is 5. The summed E-state index contributed by atoms with van der Waals surface area (Å²) in [5.41, 5.74) is 4.31. The predicted octanol–water partition coefficient (Wildman–Crippen LogP) is 3.98. The average molecular weight is 366 g/mol. The van der Waals surface area contributed by atoms with Crippen molar-refractivity contribution >= 4 is 17.2 Å². The van der Waals surface area contributed by atoms with Gasteiger partial charge in [-0.2, -0.15) is 0 Å². The zero-order chi connectivity index (χ0) is 17.8. The molecule has 4 rings (SSSR count). The van der Waals surface area contributed by atoms with E-state index in [9.17, 15) is 4.79 Å². The Bertz CT molecular complexity index is 878. The number of carbonyl (C=O) groups is 1. The Morgan fingerprint density at radius 2 is 2.08 bits per heavy atom. The Morgan fingerprint density at radius 1 is 1.23 bits per heavy atom. The lowest BCUT2D eigenvalue weighted by atomic mass is 10.00. The number of carbonyl (C=O) groups excluding carboxylic acids is 1. The van der Waals surface area contributed by atoms with Crippen LogP contribution in [0.15, 0.2) is 59.4 Å². The second kappa shape index (κ2) is 7.58. The van der Waals surface area contributed by atoms with Gasteiger partial charge in [0.25, 0.3) is 5.91 Å². The van der Waals surface area contributed by atoms with Crippen LogP contribution in [0.5, 0.6) is 11.5 Å². The molecule has 0 fully saturated rings. The summed E-state index contributed by atoms with van der Waals surface area (Å²) in [6.45, 7) is 1.03. The Morgan fingerprint density at radius 3 is 2.88 bits per heavy atom.